The molecule has 4 atom stereocenters. The molecule has 3 rings (SSSR count). The average molecular weight is 676 g/mol. The Hall–Kier alpha value is -2.10. The van der Waals surface area contributed by atoms with Gasteiger partial charge in [0.25, 0.3) is 0 Å². The van der Waals surface area contributed by atoms with E-state index in [0.717, 1.165) is 29.9 Å². The van der Waals surface area contributed by atoms with Crippen molar-refractivity contribution in [3.63, 3.8) is 0 Å². The zero-order valence-corrected chi connectivity index (χ0v) is 27.8. The van der Waals surface area contributed by atoms with E-state index in [9.17, 15) is 34.8 Å². The summed E-state index contributed by atoms with van der Waals surface area (Å²) in [6.07, 6.45) is -3.74. The lowest BCUT2D eigenvalue weighted by Crippen LogP contribution is -2.41. The van der Waals surface area contributed by atoms with Crippen molar-refractivity contribution in [3.05, 3.63) is 24.2 Å². The van der Waals surface area contributed by atoms with Gasteiger partial charge in [0.2, 0.25) is 5.60 Å². The standard InChI is InChI=1S/C26H38N5O10PS2/c1-24(2,3)22(34)43-11-9-38-42(37,39-10-12-44-23(35)25(4,5)6)40-13-17-19(32)20(33)26(14-27,41-17)18-8-7-16-21(30-36)28-15-29-31(16)18/h7-8,15,17,19-20,32-33,36H,9-13H2,1-6H3,(H,28,29,30)/t17-,19-,20-,26+/m1/s1. The molecule has 1 saturated heterocycles. The maximum atomic E-state index is 13.6. The van der Waals surface area contributed by atoms with Crippen molar-refractivity contribution in [2.24, 2.45) is 10.8 Å². The molecule has 0 aromatic carbocycles. The number of nitriles is 1. The Kier molecular flexibility index (Phi) is 12.0. The van der Waals surface area contributed by atoms with E-state index in [1.807, 2.05) is 11.5 Å². The van der Waals surface area contributed by atoms with Crippen LogP contribution in [0.2, 0.25) is 0 Å². The highest BCUT2D eigenvalue weighted by Crippen LogP contribution is 2.51. The van der Waals surface area contributed by atoms with Crippen LogP contribution in [0.5, 0.6) is 0 Å². The van der Waals surface area contributed by atoms with E-state index in [1.54, 1.807) is 41.5 Å². The maximum absolute atomic E-state index is 13.6. The van der Waals surface area contributed by atoms with E-state index in [0.29, 0.717) is 0 Å². The topological polar surface area (TPSA) is 215 Å². The summed E-state index contributed by atoms with van der Waals surface area (Å²) < 4.78 is 37.0. The Morgan fingerprint density at radius 2 is 1.66 bits per heavy atom. The highest BCUT2D eigenvalue weighted by molar-refractivity contribution is 8.14. The number of aliphatic hydroxyl groups excluding tert-OH is 2. The van der Waals surface area contributed by atoms with E-state index in [1.165, 1.54) is 16.6 Å². The van der Waals surface area contributed by atoms with E-state index < -0.39 is 49.2 Å². The zero-order chi connectivity index (χ0) is 32.9. The van der Waals surface area contributed by atoms with Gasteiger partial charge in [0.15, 0.2) is 16.0 Å². The molecule has 2 aromatic rings. The molecule has 3 heterocycles. The van der Waals surface area contributed by atoms with Gasteiger partial charge < -0.3 is 14.9 Å². The van der Waals surface area contributed by atoms with Gasteiger partial charge in [0.05, 0.1) is 25.5 Å². The molecule has 0 saturated carbocycles. The fraction of sp³-hybridized carbons (Fsp3) is 0.654. The normalized spacial score (nSPS) is 22.7. The van der Waals surface area contributed by atoms with Gasteiger partial charge in [-0.1, -0.05) is 65.1 Å². The zero-order valence-electron chi connectivity index (χ0n) is 25.3. The minimum atomic E-state index is -4.35. The number of nitrogens with zero attached hydrogens (tertiary/aromatic N) is 4. The number of phosphoric ester groups is 1. The van der Waals surface area contributed by atoms with Crippen molar-refractivity contribution in [3.8, 4) is 6.07 Å². The van der Waals surface area contributed by atoms with E-state index in [4.69, 9.17) is 18.3 Å². The summed E-state index contributed by atoms with van der Waals surface area (Å²) in [6.45, 7) is 9.62. The lowest BCUT2D eigenvalue weighted by atomic mass is 9.92. The molecule has 1 aliphatic rings. The Balaban J connectivity index is 1.74. The summed E-state index contributed by atoms with van der Waals surface area (Å²) in [5, 5.41) is 45.2. The van der Waals surface area contributed by atoms with Gasteiger partial charge in [-0.25, -0.2) is 14.1 Å². The minimum Gasteiger partial charge on any atom is -0.387 e. The molecule has 0 unspecified atom stereocenters. The molecule has 15 nitrogen and oxygen atoms in total. The molecular formula is C26H38N5O10PS2. The first-order valence-electron chi connectivity index (χ1n) is 13.6. The number of hydrogen-bond acceptors (Lipinski definition) is 16. The van der Waals surface area contributed by atoms with Crippen LogP contribution in [0.4, 0.5) is 5.82 Å². The summed E-state index contributed by atoms with van der Waals surface area (Å²) >= 11 is 1.99. The number of nitrogens with one attached hydrogen (secondary N) is 1. The van der Waals surface area contributed by atoms with Gasteiger partial charge in [-0.15, -0.1) is 0 Å². The monoisotopic (exact) mass is 675 g/mol. The Labute approximate surface area is 263 Å². The Morgan fingerprint density at radius 3 is 2.16 bits per heavy atom. The first-order valence-corrected chi connectivity index (χ1v) is 17.0. The van der Waals surface area contributed by atoms with Crippen LogP contribution >= 0.6 is 31.3 Å². The van der Waals surface area contributed by atoms with Crippen LogP contribution in [0.3, 0.4) is 0 Å². The van der Waals surface area contributed by atoms with Crippen molar-refractivity contribution in [2.45, 2.75) is 65.5 Å². The lowest BCUT2D eigenvalue weighted by molar-refractivity contribution is -0.118. The fourth-order valence-electron chi connectivity index (χ4n) is 3.89. The number of fused-ring (bicyclic) bond motifs is 1. The SMILES string of the molecule is CC(C)(C)C(=O)SCCOP(=O)(OCCSC(=O)C(C)(C)C)OC[C@H]1O[C@@](C#N)(c2ccc3c(NO)ncnn23)[C@H](O)[C@@H]1O. The molecule has 244 valence electrons. The third-order valence-corrected chi connectivity index (χ3v) is 10.3. The largest absolute Gasteiger partial charge is 0.474 e. The van der Waals surface area contributed by atoms with Crippen molar-refractivity contribution >= 4 is 52.9 Å². The second kappa shape index (κ2) is 14.5. The molecule has 0 bridgehead atoms. The van der Waals surface area contributed by atoms with Crippen molar-refractivity contribution in [1.29, 1.82) is 5.26 Å². The number of rotatable bonds is 13. The second-order valence-electron chi connectivity index (χ2n) is 11.9. The molecule has 44 heavy (non-hydrogen) atoms. The molecule has 0 amide bonds. The predicted molar refractivity (Wildman–Crippen MR) is 162 cm³/mol. The molecule has 18 heteroatoms. The predicted octanol–water partition coefficient (Wildman–Crippen LogP) is 3.14. The third-order valence-electron chi connectivity index (χ3n) is 6.32. The van der Waals surface area contributed by atoms with Gasteiger partial charge in [-0.3, -0.25) is 33.8 Å². The quantitative estimate of drug-likeness (QED) is 0.136. The van der Waals surface area contributed by atoms with E-state index >= 15 is 0 Å². The van der Waals surface area contributed by atoms with Crippen LogP contribution in [0, 0.1) is 22.2 Å². The molecule has 4 N–H and O–H groups in total. The number of carbonyl (C=O) groups is 2. The van der Waals surface area contributed by atoms with E-state index in [2.05, 4.69) is 10.1 Å². The third kappa shape index (κ3) is 8.38. The number of aromatic nitrogens is 3. The number of hydrogen-bond donors (Lipinski definition) is 4. The summed E-state index contributed by atoms with van der Waals surface area (Å²) in [5.41, 5.74) is -1.12. The molecule has 2 aromatic heterocycles. The highest BCUT2D eigenvalue weighted by Gasteiger charge is 2.58. The number of phosphoric acid groups is 1. The number of ether oxygens (including phenoxy) is 1. The number of anilines is 1. The number of carbonyl (C=O) groups excluding carboxylic acids is 2. The van der Waals surface area contributed by atoms with Gasteiger partial charge in [0.1, 0.15) is 36.2 Å². The smallest absolute Gasteiger partial charge is 0.387 e. The molecule has 0 spiro atoms. The number of aliphatic hydroxyl groups is 2. The molecule has 0 radical (unpaired) electrons. The molecule has 0 aliphatic carbocycles. The highest BCUT2D eigenvalue weighted by atomic mass is 32.2. The molecule has 1 aliphatic heterocycles. The van der Waals surface area contributed by atoms with Crippen LogP contribution in [-0.4, -0.2) is 89.9 Å². The van der Waals surface area contributed by atoms with Gasteiger partial charge in [-0.2, -0.15) is 10.4 Å². The van der Waals surface area contributed by atoms with Gasteiger partial charge in [0, 0.05) is 22.3 Å². The lowest BCUT2D eigenvalue weighted by Gasteiger charge is -2.24. The summed E-state index contributed by atoms with van der Waals surface area (Å²) in [7, 11) is -4.35. The Bertz CT molecular complexity index is 1380. The minimum absolute atomic E-state index is 0.0206. The van der Waals surface area contributed by atoms with Crippen LogP contribution in [-0.2, 0) is 38.1 Å². The molecule has 1 fully saturated rings. The van der Waals surface area contributed by atoms with Crippen molar-refractivity contribution in [2.75, 3.05) is 36.8 Å². The molecular weight excluding hydrogens is 637 g/mol. The van der Waals surface area contributed by atoms with Crippen LogP contribution in [0.1, 0.15) is 47.2 Å². The van der Waals surface area contributed by atoms with Crippen LogP contribution in [0.25, 0.3) is 5.52 Å². The second-order valence-corrected chi connectivity index (χ2v) is 15.7. The van der Waals surface area contributed by atoms with Crippen LogP contribution in [0.15, 0.2) is 18.5 Å². The van der Waals surface area contributed by atoms with Crippen molar-refractivity contribution in [1.82, 2.24) is 14.6 Å². The fourth-order valence-corrected chi connectivity index (χ4v) is 6.89. The van der Waals surface area contributed by atoms with Crippen molar-refractivity contribution < 1.29 is 47.9 Å². The summed E-state index contributed by atoms with van der Waals surface area (Å²) in [6, 6.07) is 4.78. The van der Waals surface area contributed by atoms with Crippen LogP contribution < -0.4 is 5.48 Å². The first-order chi connectivity index (χ1) is 20.5. The Morgan fingerprint density at radius 1 is 1.09 bits per heavy atom. The maximum Gasteiger partial charge on any atom is 0.474 e. The van der Waals surface area contributed by atoms with Gasteiger partial charge >= 0.3 is 7.82 Å². The number of thioether (sulfide) groups is 2. The average Bonchev–Trinajstić information content (AvgIpc) is 3.50. The van der Waals surface area contributed by atoms with E-state index in [-0.39, 0.29) is 52.0 Å². The first kappa shape index (κ1) is 36.4. The summed E-state index contributed by atoms with van der Waals surface area (Å²) in [5.74, 6) is 0.320. The summed E-state index contributed by atoms with van der Waals surface area (Å²) in [4.78, 5) is 28.3. The van der Waals surface area contributed by atoms with Gasteiger partial charge in [-0.05, 0) is 12.1 Å².